The lowest BCUT2D eigenvalue weighted by molar-refractivity contribution is 0.300. The fraction of sp³-hybridized carbons (Fsp3) is 0.500. The number of nitrogens with zero attached hydrogens (tertiary/aromatic N) is 2. The van der Waals surface area contributed by atoms with Gasteiger partial charge in [-0.15, -0.1) is 0 Å². The Morgan fingerprint density at radius 2 is 1.90 bits per heavy atom. The molecule has 0 aliphatic heterocycles. The molecule has 0 saturated carbocycles. The molecule has 0 spiro atoms. The van der Waals surface area contributed by atoms with Crippen molar-refractivity contribution in [3.63, 3.8) is 0 Å². The summed E-state index contributed by atoms with van der Waals surface area (Å²) in [5.41, 5.74) is 8.66. The summed E-state index contributed by atoms with van der Waals surface area (Å²) in [7, 11) is 0. The number of benzene rings is 1. The molecule has 0 fully saturated rings. The molecule has 0 aliphatic rings. The molecule has 1 unspecified atom stereocenters. The maximum Gasteiger partial charge on any atom is 0.227 e. The van der Waals surface area contributed by atoms with Crippen LogP contribution >= 0.6 is 0 Å². The summed E-state index contributed by atoms with van der Waals surface area (Å²) in [6.07, 6.45) is 1.65. The first kappa shape index (κ1) is 14.7. The third-order valence-electron chi connectivity index (χ3n) is 3.56. The van der Waals surface area contributed by atoms with Crippen LogP contribution in [-0.4, -0.2) is 10.1 Å². The van der Waals surface area contributed by atoms with E-state index in [-0.39, 0.29) is 11.5 Å². The highest BCUT2D eigenvalue weighted by molar-refractivity contribution is 5.25. The zero-order valence-electron chi connectivity index (χ0n) is 12.7. The summed E-state index contributed by atoms with van der Waals surface area (Å²) >= 11 is 0. The van der Waals surface area contributed by atoms with Gasteiger partial charge < -0.3 is 10.3 Å². The summed E-state index contributed by atoms with van der Waals surface area (Å²) in [5, 5.41) is 4.01. The number of aryl methyl sites for hydroxylation is 3. The van der Waals surface area contributed by atoms with E-state index in [1.807, 2.05) is 6.07 Å². The zero-order valence-corrected chi connectivity index (χ0v) is 12.7. The summed E-state index contributed by atoms with van der Waals surface area (Å²) in [4.78, 5) is 4.42. The Hall–Kier alpha value is -1.68. The molecule has 0 amide bonds. The van der Waals surface area contributed by atoms with Gasteiger partial charge in [0.1, 0.15) is 0 Å². The van der Waals surface area contributed by atoms with E-state index in [0.717, 1.165) is 12.8 Å². The van der Waals surface area contributed by atoms with Crippen molar-refractivity contribution >= 4 is 0 Å². The van der Waals surface area contributed by atoms with Gasteiger partial charge in [-0.2, -0.15) is 4.98 Å². The summed E-state index contributed by atoms with van der Waals surface area (Å²) in [6.45, 7) is 8.33. The molecule has 4 heteroatoms. The molecular formula is C16H23N3O. The van der Waals surface area contributed by atoms with Gasteiger partial charge in [0.05, 0.1) is 6.04 Å². The van der Waals surface area contributed by atoms with Gasteiger partial charge in [0.2, 0.25) is 5.89 Å². The molecule has 2 rings (SSSR count). The molecule has 2 N–H and O–H groups in total. The van der Waals surface area contributed by atoms with E-state index in [1.54, 1.807) is 0 Å². The Morgan fingerprint density at radius 3 is 2.55 bits per heavy atom. The first-order valence-electron chi connectivity index (χ1n) is 7.00. The fourth-order valence-corrected chi connectivity index (χ4v) is 2.02. The molecule has 20 heavy (non-hydrogen) atoms. The zero-order chi connectivity index (χ0) is 14.8. The second-order valence-corrected chi connectivity index (χ2v) is 6.32. The number of nitrogens with two attached hydrogens (primary N) is 1. The highest BCUT2D eigenvalue weighted by atomic mass is 16.5. The van der Waals surface area contributed by atoms with Crippen LogP contribution in [0.1, 0.15) is 49.7 Å². The summed E-state index contributed by atoms with van der Waals surface area (Å²) in [6, 6.07) is 8.14. The highest BCUT2D eigenvalue weighted by Gasteiger charge is 2.26. The van der Waals surface area contributed by atoms with E-state index >= 15 is 0 Å². The second-order valence-electron chi connectivity index (χ2n) is 6.32. The van der Waals surface area contributed by atoms with Crippen molar-refractivity contribution in [1.82, 2.24) is 10.1 Å². The monoisotopic (exact) mass is 273 g/mol. The largest absolute Gasteiger partial charge is 0.339 e. The van der Waals surface area contributed by atoms with E-state index in [0.29, 0.717) is 11.7 Å². The molecule has 1 aromatic heterocycles. The highest BCUT2D eigenvalue weighted by Crippen LogP contribution is 2.28. The molecule has 0 aliphatic carbocycles. The third-order valence-corrected chi connectivity index (χ3v) is 3.56. The number of hydrogen-bond acceptors (Lipinski definition) is 4. The first-order chi connectivity index (χ1) is 9.38. The Bertz CT molecular complexity index is 569. The van der Waals surface area contributed by atoms with E-state index in [9.17, 15) is 0 Å². The topological polar surface area (TPSA) is 64.9 Å². The quantitative estimate of drug-likeness (QED) is 0.929. The molecule has 1 aromatic carbocycles. The van der Waals surface area contributed by atoms with E-state index in [4.69, 9.17) is 10.3 Å². The average molecular weight is 273 g/mol. The van der Waals surface area contributed by atoms with Gasteiger partial charge in [-0.3, -0.25) is 0 Å². The maximum atomic E-state index is 6.13. The molecular weight excluding hydrogens is 250 g/mol. The van der Waals surface area contributed by atoms with Crippen molar-refractivity contribution in [2.75, 3.05) is 0 Å². The maximum absolute atomic E-state index is 6.13. The second kappa shape index (κ2) is 5.75. The molecule has 0 radical (unpaired) electrons. The van der Waals surface area contributed by atoms with Crippen molar-refractivity contribution in [1.29, 1.82) is 0 Å². The van der Waals surface area contributed by atoms with Crippen LogP contribution < -0.4 is 5.73 Å². The van der Waals surface area contributed by atoms with Gasteiger partial charge in [0, 0.05) is 6.42 Å². The minimum Gasteiger partial charge on any atom is -0.339 e. The SMILES string of the molecule is Cc1ccccc1CCc1nc(C(N)C(C)(C)C)no1. The van der Waals surface area contributed by atoms with Gasteiger partial charge >= 0.3 is 0 Å². The van der Waals surface area contributed by atoms with Crippen molar-refractivity contribution in [2.45, 2.75) is 46.6 Å². The average Bonchev–Trinajstić information content (AvgIpc) is 2.84. The standard InChI is InChI=1S/C16H23N3O/c1-11-7-5-6-8-12(11)9-10-13-18-15(19-20-13)14(17)16(2,3)4/h5-8,14H,9-10,17H2,1-4H3. The van der Waals surface area contributed by atoms with Gasteiger partial charge in [-0.05, 0) is 29.9 Å². The molecule has 2 aromatic rings. The van der Waals surface area contributed by atoms with Crippen LogP contribution in [0.25, 0.3) is 0 Å². The summed E-state index contributed by atoms with van der Waals surface area (Å²) < 4.78 is 5.30. The Labute approximate surface area is 120 Å². The molecule has 1 heterocycles. The van der Waals surface area contributed by atoms with Crippen molar-refractivity contribution in [3.05, 3.63) is 47.1 Å². The lowest BCUT2D eigenvalue weighted by atomic mass is 9.87. The molecule has 0 bridgehead atoms. The molecule has 0 saturated heterocycles. The van der Waals surface area contributed by atoms with Crippen molar-refractivity contribution < 1.29 is 4.52 Å². The third kappa shape index (κ3) is 3.45. The van der Waals surface area contributed by atoms with Crippen molar-refractivity contribution in [3.8, 4) is 0 Å². The Balaban J connectivity index is 2.02. The molecule has 4 nitrogen and oxygen atoms in total. The minimum atomic E-state index is -0.210. The molecule has 1 atom stereocenters. The number of aromatic nitrogens is 2. The summed E-state index contributed by atoms with van der Waals surface area (Å²) in [5.74, 6) is 1.25. The lowest BCUT2D eigenvalue weighted by Gasteiger charge is -2.23. The first-order valence-corrected chi connectivity index (χ1v) is 7.00. The van der Waals surface area contributed by atoms with Crippen molar-refractivity contribution in [2.24, 2.45) is 11.1 Å². The van der Waals surface area contributed by atoms with Gasteiger partial charge in [-0.25, -0.2) is 0 Å². The van der Waals surface area contributed by atoms with Crippen LogP contribution in [0.3, 0.4) is 0 Å². The minimum absolute atomic E-state index is 0.0723. The van der Waals surface area contributed by atoms with E-state index < -0.39 is 0 Å². The predicted octanol–water partition coefficient (Wildman–Crippen LogP) is 3.21. The number of rotatable bonds is 4. The lowest BCUT2D eigenvalue weighted by Crippen LogP contribution is -2.27. The smallest absolute Gasteiger partial charge is 0.227 e. The fourth-order valence-electron chi connectivity index (χ4n) is 2.02. The van der Waals surface area contributed by atoms with E-state index in [1.165, 1.54) is 11.1 Å². The molecule has 108 valence electrons. The van der Waals surface area contributed by atoms with Gasteiger partial charge in [0.15, 0.2) is 5.82 Å². The van der Waals surface area contributed by atoms with E-state index in [2.05, 4.69) is 56.0 Å². The normalized spacial score (nSPS) is 13.4. The van der Waals surface area contributed by atoms with Gasteiger partial charge in [-0.1, -0.05) is 50.2 Å². The van der Waals surface area contributed by atoms with Crippen LogP contribution in [0.5, 0.6) is 0 Å². The van der Waals surface area contributed by atoms with Crippen LogP contribution in [0, 0.1) is 12.3 Å². The predicted molar refractivity (Wildman–Crippen MR) is 79.3 cm³/mol. The van der Waals surface area contributed by atoms with Gasteiger partial charge in [0.25, 0.3) is 0 Å². The van der Waals surface area contributed by atoms with Crippen LogP contribution in [0.4, 0.5) is 0 Å². The van der Waals surface area contributed by atoms with Crippen LogP contribution in [-0.2, 0) is 12.8 Å². The number of hydrogen-bond donors (Lipinski definition) is 1. The van der Waals surface area contributed by atoms with Crippen LogP contribution in [0.2, 0.25) is 0 Å². The Kier molecular flexibility index (Phi) is 4.23. The van der Waals surface area contributed by atoms with Crippen LogP contribution in [0.15, 0.2) is 28.8 Å². The Morgan fingerprint density at radius 1 is 1.20 bits per heavy atom.